The summed E-state index contributed by atoms with van der Waals surface area (Å²) in [5.74, 6) is 0. The molecule has 0 unspecified atom stereocenters. The molecule has 0 aliphatic heterocycles. The second kappa shape index (κ2) is 5.94. The van der Waals surface area contributed by atoms with Crippen LogP contribution in [0.2, 0.25) is 0 Å². The number of aromatic amines is 1. The minimum Gasteiger partial charge on any atom is -0.380 e. The zero-order valence-electron chi connectivity index (χ0n) is 9.88. The van der Waals surface area contributed by atoms with E-state index in [9.17, 15) is 18.0 Å². The lowest BCUT2D eigenvalue weighted by atomic mass is 10.5. The molecule has 0 spiro atoms. The van der Waals surface area contributed by atoms with Crippen molar-refractivity contribution < 1.29 is 13.2 Å². The van der Waals surface area contributed by atoms with Gasteiger partial charge in [0, 0.05) is 12.8 Å². The summed E-state index contributed by atoms with van der Waals surface area (Å²) in [6.07, 6.45) is 1.76. The molecular formula is C9H15N3O5S. The molecule has 0 aromatic carbocycles. The smallest absolute Gasteiger partial charge is 0.328 e. The maximum Gasteiger partial charge on any atom is 0.328 e. The van der Waals surface area contributed by atoms with E-state index in [0.717, 1.165) is 17.2 Å². The number of hydrogen-bond donors (Lipinski definition) is 2. The Balaban J connectivity index is 3.00. The largest absolute Gasteiger partial charge is 0.380 e. The summed E-state index contributed by atoms with van der Waals surface area (Å²) in [4.78, 5) is 23.9. The van der Waals surface area contributed by atoms with Gasteiger partial charge in [-0.1, -0.05) is 6.92 Å². The number of primary sulfonamides is 1. The molecule has 1 aromatic heterocycles. The topological polar surface area (TPSA) is 124 Å². The van der Waals surface area contributed by atoms with E-state index in [0.29, 0.717) is 6.61 Å². The summed E-state index contributed by atoms with van der Waals surface area (Å²) in [7, 11) is -4.15. The van der Waals surface area contributed by atoms with E-state index in [2.05, 4.69) is 0 Å². The van der Waals surface area contributed by atoms with E-state index in [1.54, 1.807) is 0 Å². The van der Waals surface area contributed by atoms with Gasteiger partial charge in [0.05, 0.1) is 13.2 Å². The predicted molar refractivity (Wildman–Crippen MR) is 63.8 cm³/mol. The maximum atomic E-state index is 11.4. The molecule has 0 radical (unpaired) electrons. The van der Waals surface area contributed by atoms with Crippen LogP contribution < -0.4 is 16.4 Å². The Morgan fingerprint density at radius 3 is 2.61 bits per heavy atom. The molecule has 1 rings (SSSR count). The van der Waals surface area contributed by atoms with Crippen molar-refractivity contribution in [3.05, 3.63) is 27.0 Å². The number of rotatable bonds is 6. The molecule has 0 saturated carbocycles. The zero-order chi connectivity index (χ0) is 13.8. The van der Waals surface area contributed by atoms with Gasteiger partial charge in [0.25, 0.3) is 5.56 Å². The Labute approximate surface area is 103 Å². The van der Waals surface area contributed by atoms with Crippen molar-refractivity contribution in [3.63, 3.8) is 0 Å². The standard InChI is InChI=1S/C9H15N3O5S/c1-2-4-17-5-3-12-6-7(18(10,15)16)8(13)11-9(12)14/h6H,2-5H2,1H3,(H2,10,15,16)(H,11,13,14). The van der Waals surface area contributed by atoms with Crippen LogP contribution in [0, 0.1) is 0 Å². The second-order valence-electron chi connectivity index (χ2n) is 3.60. The van der Waals surface area contributed by atoms with Gasteiger partial charge in [-0.2, -0.15) is 0 Å². The van der Waals surface area contributed by atoms with Gasteiger partial charge in [0.15, 0.2) is 4.90 Å². The van der Waals surface area contributed by atoms with Crippen molar-refractivity contribution in [1.82, 2.24) is 9.55 Å². The highest BCUT2D eigenvalue weighted by molar-refractivity contribution is 7.89. The third kappa shape index (κ3) is 3.79. The molecule has 18 heavy (non-hydrogen) atoms. The third-order valence-corrected chi connectivity index (χ3v) is 3.01. The Kier molecular flexibility index (Phi) is 4.82. The number of aromatic nitrogens is 2. The minimum atomic E-state index is -4.15. The third-order valence-electron chi connectivity index (χ3n) is 2.11. The second-order valence-corrected chi connectivity index (χ2v) is 5.13. The van der Waals surface area contributed by atoms with E-state index in [4.69, 9.17) is 9.88 Å². The zero-order valence-corrected chi connectivity index (χ0v) is 10.7. The van der Waals surface area contributed by atoms with E-state index >= 15 is 0 Å². The van der Waals surface area contributed by atoms with Crippen LogP contribution >= 0.6 is 0 Å². The first-order valence-electron chi connectivity index (χ1n) is 5.30. The first-order chi connectivity index (χ1) is 8.36. The van der Waals surface area contributed by atoms with Crippen molar-refractivity contribution in [1.29, 1.82) is 0 Å². The molecule has 0 bridgehead atoms. The molecule has 0 aliphatic carbocycles. The van der Waals surface area contributed by atoms with Gasteiger partial charge in [0.1, 0.15) is 0 Å². The van der Waals surface area contributed by atoms with Crippen LogP contribution in [0.25, 0.3) is 0 Å². The highest BCUT2D eigenvalue weighted by Gasteiger charge is 2.15. The Bertz CT molecular complexity index is 616. The molecule has 0 atom stereocenters. The average Bonchev–Trinajstić information content (AvgIpc) is 2.25. The van der Waals surface area contributed by atoms with Crippen LogP contribution in [0.4, 0.5) is 0 Å². The first kappa shape index (κ1) is 14.6. The minimum absolute atomic E-state index is 0.137. The highest BCUT2D eigenvalue weighted by Crippen LogP contribution is 1.95. The van der Waals surface area contributed by atoms with Crippen LogP contribution in [0.1, 0.15) is 13.3 Å². The van der Waals surface area contributed by atoms with Crippen molar-refractivity contribution in [3.8, 4) is 0 Å². The normalized spacial score (nSPS) is 11.7. The van der Waals surface area contributed by atoms with Gasteiger partial charge >= 0.3 is 5.69 Å². The lowest BCUT2D eigenvalue weighted by Gasteiger charge is -2.06. The summed E-state index contributed by atoms with van der Waals surface area (Å²) in [6.45, 7) is 2.85. The molecule has 1 aromatic rings. The van der Waals surface area contributed by atoms with E-state index in [1.807, 2.05) is 11.9 Å². The van der Waals surface area contributed by atoms with Crippen molar-refractivity contribution in [2.45, 2.75) is 24.8 Å². The van der Waals surface area contributed by atoms with Crippen LogP contribution in [-0.4, -0.2) is 31.2 Å². The fourth-order valence-electron chi connectivity index (χ4n) is 1.27. The molecule has 102 valence electrons. The molecule has 3 N–H and O–H groups in total. The lowest BCUT2D eigenvalue weighted by molar-refractivity contribution is 0.125. The van der Waals surface area contributed by atoms with Gasteiger partial charge in [-0.05, 0) is 6.42 Å². The average molecular weight is 277 g/mol. The number of nitrogens with two attached hydrogens (primary N) is 1. The molecule has 0 saturated heterocycles. The number of ether oxygens (including phenoxy) is 1. The number of nitrogens with one attached hydrogen (secondary N) is 1. The fraction of sp³-hybridized carbons (Fsp3) is 0.556. The predicted octanol–water partition coefficient (Wildman–Crippen LogP) is -1.39. The summed E-state index contributed by atoms with van der Waals surface area (Å²) in [5, 5.41) is 4.86. The lowest BCUT2D eigenvalue weighted by Crippen LogP contribution is -2.35. The number of hydrogen-bond acceptors (Lipinski definition) is 5. The summed E-state index contributed by atoms with van der Waals surface area (Å²) in [6, 6.07) is 0. The van der Waals surface area contributed by atoms with Gasteiger partial charge < -0.3 is 4.74 Å². The van der Waals surface area contributed by atoms with Crippen LogP contribution in [-0.2, 0) is 21.3 Å². The van der Waals surface area contributed by atoms with E-state index in [-0.39, 0.29) is 13.2 Å². The Hall–Kier alpha value is -1.45. The van der Waals surface area contributed by atoms with Crippen molar-refractivity contribution in [2.75, 3.05) is 13.2 Å². The Morgan fingerprint density at radius 1 is 1.39 bits per heavy atom. The molecule has 0 fully saturated rings. The molecule has 1 heterocycles. The van der Waals surface area contributed by atoms with Gasteiger partial charge in [-0.15, -0.1) is 0 Å². The van der Waals surface area contributed by atoms with Gasteiger partial charge in [-0.3, -0.25) is 14.3 Å². The fourth-order valence-corrected chi connectivity index (χ4v) is 1.85. The van der Waals surface area contributed by atoms with Crippen molar-refractivity contribution >= 4 is 10.0 Å². The highest BCUT2D eigenvalue weighted by atomic mass is 32.2. The van der Waals surface area contributed by atoms with E-state index in [1.165, 1.54) is 0 Å². The SMILES string of the molecule is CCCOCCn1cc(S(N)(=O)=O)c(=O)[nH]c1=O. The number of nitrogens with zero attached hydrogens (tertiary/aromatic N) is 1. The molecule has 8 nitrogen and oxygen atoms in total. The Morgan fingerprint density at radius 2 is 2.06 bits per heavy atom. The summed E-state index contributed by atoms with van der Waals surface area (Å²) < 4.78 is 28.4. The maximum absolute atomic E-state index is 11.4. The van der Waals surface area contributed by atoms with E-state index < -0.39 is 26.2 Å². The molecular weight excluding hydrogens is 262 g/mol. The van der Waals surface area contributed by atoms with Crippen LogP contribution in [0.3, 0.4) is 0 Å². The van der Waals surface area contributed by atoms with Crippen LogP contribution in [0.5, 0.6) is 0 Å². The van der Waals surface area contributed by atoms with Gasteiger partial charge in [0.2, 0.25) is 10.0 Å². The number of H-pyrrole nitrogens is 1. The van der Waals surface area contributed by atoms with Gasteiger partial charge in [-0.25, -0.2) is 18.4 Å². The van der Waals surface area contributed by atoms with Crippen molar-refractivity contribution in [2.24, 2.45) is 5.14 Å². The molecule has 0 amide bonds. The molecule has 0 aliphatic rings. The summed E-state index contributed by atoms with van der Waals surface area (Å²) >= 11 is 0. The number of sulfonamides is 1. The quantitative estimate of drug-likeness (QED) is 0.619. The monoisotopic (exact) mass is 277 g/mol. The van der Waals surface area contributed by atoms with Crippen LogP contribution in [0.15, 0.2) is 20.7 Å². The first-order valence-corrected chi connectivity index (χ1v) is 6.85. The summed E-state index contributed by atoms with van der Waals surface area (Å²) in [5.41, 5.74) is -1.72. The molecule has 9 heteroatoms.